The van der Waals surface area contributed by atoms with Gasteiger partial charge >= 0.3 is 0 Å². The Hall–Kier alpha value is -2.85. The number of phenols is 1. The van der Waals surface area contributed by atoms with Gasteiger partial charge in [-0.3, -0.25) is 4.79 Å². The standard InChI is InChI=1S/C26H30O13/c27-9-19-20(31)21(32)22(39-25-23(33)26(34,10-28)11-35-25)24(38-19)36-14-4-1-12(2-5-14)17-8-16(30)15-6-3-13(29)7-18(15)37-17/h1-7,17,19-25,27-29,31-34H,8-11H2/t17-,19-,20+,21+,22+,23-,24-,25+,26-/m0/s1. The van der Waals surface area contributed by atoms with Crippen LogP contribution in [0.5, 0.6) is 17.2 Å². The molecule has 0 aliphatic carbocycles. The van der Waals surface area contributed by atoms with Crippen LogP contribution in [0.2, 0.25) is 0 Å². The van der Waals surface area contributed by atoms with Crippen molar-refractivity contribution in [2.24, 2.45) is 0 Å². The zero-order chi connectivity index (χ0) is 27.9. The van der Waals surface area contributed by atoms with Crippen LogP contribution < -0.4 is 9.47 Å². The van der Waals surface area contributed by atoms with Gasteiger partial charge in [0.25, 0.3) is 0 Å². The van der Waals surface area contributed by atoms with Gasteiger partial charge in [-0.15, -0.1) is 0 Å². The highest BCUT2D eigenvalue weighted by Crippen LogP contribution is 2.38. The van der Waals surface area contributed by atoms with E-state index in [0.29, 0.717) is 11.1 Å². The van der Waals surface area contributed by atoms with Crippen molar-refractivity contribution in [3.05, 3.63) is 53.6 Å². The highest BCUT2D eigenvalue weighted by Gasteiger charge is 2.53. The van der Waals surface area contributed by atoms with Gasteiger partial charge in [0.1, 0.15) is 53.4 Å². The van der Waals surface area contributed by atoms with Crippen molar-refractivity contribution in [3.8, 4) is 17.2 Å². The van der Waals surface area contributed by atoms with Crippen molar-refractivity contribution in [1.82, 2.24) is 0 Å². The van der Waals surface area contributed by atoms with Crippen LogP contribution >= 0.6 is 0 Å². The zero-order valence-corrected chi connectivity index (χ0v) is 20.6. The third kappa shape index (κ3) is 5.33. The molecule has 2 aromatic rings. The zero-order valence-electron chi connectivity index (χ0n) is 20.6. The van der Waals surface area contributed by atoms with Crippen LogP contribution in [-0.2, 0) is 14.2 Å². The van der Waals surface area contributed by atoms with Crippen LogP contribution in [0.25, 0.3) is 0 Å². The van der Waals surface area contributed by atoms with Gasteiger partial charge in [0.2, 0.25) is 6.29 Å². The van der Waals surface area contributed by atoms with Gasteiger partial charge < -0.3 is 59.4 Å². The summed E-state index contributed by atoms with van der Waals surface area (Å²) in [5.74, 6) is 0.348. The molecule has 3 aliphatic heterocycles. The summed E-state index contributed by atoms with van der Waals surface area (Å²) < 4.78 is 28.3. The Bertz CT molecular complexity index is 1170. The fourth-order valence-corrected chi connectivity index (χ4v) is 4.75. The predicted octanol–water partition coefficient (Wildman–Crippen LogP) is -1.26. The van der Waals surface area contributed by atoms with Crippen molar-refractivity contribution < 1.29 is 64.2 Å². The Kier molecular flexibility index (Phi) is 7.79. The number of carbonyl (C=O) groups is 1. The van der Waals surface area contributed by atoms with Gasteiger partial charge in [-0.25, -0.2) is 0 Å². The van der Waals surface area contributed by atoms with Crippen LogP contribution in [0, 0.1) is 0 Å². The first-order chi connectivity index (χ1) is 18.6. The number of hydrogen-bond acceptors (Lipinski definition) is 13. The Morgan fingerprint density at radius 1 is 1.00 bits per heavy atom. The van der Waals surface area contributed by atoms with E-state index in [-0.39, 0.29) is 29.5 Å². The molecule has 0 bridgehead atoms. The molecular formula is C26H30O13. The largest absolute Gasteiger partial charge is 0.508 e. The molecule has 0 radical (unpaired) electrons. The maximum Gasteiger partial charge on any atom is 0.229 e. The summed E-state index contributed by atoms with van der Waals surface area (Å²) in [6.07, 6.45) is -10.9. The van der Waals surface area contributed by atoms with Crippen LogP contribution in [0.1, 0.15) is 28.4 Å². The van der Waals surface area contributed by atoms with E-state index >= 15 is 0 Å². The molecule has 2 aromatic carbocycles. The molecule has 3 aliphatic rings. The minimum absolute atomic E-state index is 0.0275. The number of aliphatic hydroxyl groups is 6. The van der Waals surface area contributed by atoms with Crippen LogP contribution in [0.4, 0.5) is 0 Å². The fourth-order valence-electron chi connectivity index (χ4n) is 4.75. The van der Waals surface area contributed by atoms with Crippen molar-refractivity contribution in [2.75, 3.05) is 19.8 Å². The van der Waals surface area contributed by atoms with E-state index in [1.54, 1.807) is 24.3 Å². The summed E-state index contributed by atoms with van der Waals surface area (Å²) >= 11 is 0. The average Bonchev–Trinajstić information content (AvgIpc) is 3.21. The Labute approximate surface area is 222 Å². The van der Waals surface area contributed by atoms with Gasteiger partial charge in [-0.2, -0.15) is 0 Å². The molecule has 0 spiro atoms. The lowest BCUT2D eigenvalue weighted by Gasteiger charge is -2.42. The Morgan fingerprint density at radius 3 is 2.41 bits per heavy atom. The second kappa shape index (κ2) is 11.0. The third-order valence-corrected chi connectivity index (χ3v) is 7.11. The molecule has 13 heteroatoms. The monoisotopic (exact) mass is 550 g/mol. The molecule has 2 saturated heterocycles. The lowest BCUT2D eigenvalue weighted by Crippen LogP contribution is -2.62. The molecule has 2 fully saturated rings. The molecule has 0 unspecified atom stereocenters. The summed E-state index contributed by atoms with van der Waals surface area (Å²) in [4.78, 5) is 12.5. The molecular weight excluding hydrogens is 520 g/mol. The first-order valence-electron chi connectivity index (χ1n) is 12.3. The Morgan fingerprint density at radius 2 is 1.74 bits per heavy atom. The normalized spacial score (nSPS) is 36.3. The lowest BCUT2D eigenvalue weighted by molar-refractivity contribution is -0.318. The molecule has 0 aromatic heterocycles. The number of fused-ring (bicyclic) bond motifs is 1. The number of hydrogen-bond donors (Lipinski definition) is 7. The molecule has 13 nitrogen and oxygen atoms in total. The van der Waals surface area contributed by atoms with Crippen molar-refractivity contribution >= 4 is 5.78 Å². The van der Waals surface area contributed by atoms with E-state index in [1.165, 1.54) is 18.2 Å². The molecule has 3 heterocycles. The van der Waals surface area contributed by atoms with E-state index in [0.717, 1.165) is 0 Å². The van der Waals surface area contributed by atoms with Crippen LogP contribution in [-0.4, -0.2) is 110 Å². The number of ether oxygens (including phenoxy) is 5. The van der Waals surface area contributed by atoms with Gasteiger partial charge in [-0.1, -0.05) is 12.1 Å². The molecule has 9 atom stereocenters. The first kappa shape index (κ1) is 27.7. The number of Topliss-reactive ketones (excluding diaryl/α,β-unsaturated/α-hetero) is 1. The average molecular weight is 551 g/mol. The molecule has 0 saturated carbocycles. The van der Waals surface area contributed by atoms with E-state index in [2.05, 4.69) is 0 Å². The molecule has 39 heavy (non-hydrogen) atoms. The van der Waals surface area contributed by atoms with Crippen molar-refractivity contribution in [3.63, 3.8) is 0 Å². The van der Waals surface area contributed by atoms with E-state index in [9.17, 15) is 40.5 Å². The molecule has 5 rings (SSSR count). The van der Waals surface area contributed by atoms with Crippen LogP contribution in [0.15, 0.2) is 42.5 Å². The predicted molar refractivity (Wildman–Crippen MR) is 128 cm³/mol. The lowest BCUT2D eigenvalue weighted by atomic mass is 9.96. The van der Waals surface area contributed by atoms with Gasteiger partial charge in [0.05, 0.1) is 31.8 Å². The molecule has 7 N–H and O–H groups in total. The summed E-state index contributed by atoms with van der Waals surface area (Å²) in [6.45, 7) is -1.88. The van der Waals surface area contributed by atoms with E-state index in [1.807, 2.05) is 0 Å². The van der Waals surface area contributed by atoms with E-state index < -0.39 is 74.6 Å². The first-order valence-corrected chi connectivity index (χ1v) is 12.3. The van der Waals surface area contributed by atoms with Crippen molar-refractivity contribution in [2.45, 2.75) is 61.2 Å². The van der Waals surface area contributed by atoms with Crippen molar-refractivity contribution in [1.29, 1.82) is 0 Å². The van der Waals surface area contributed by atoms with Gasteiger partial charge in [-0.05, 0) is 29.8 Å². The fraction of sp³-hybridized carbons (Fsp3) is 0.500. The Balaban J connectivity index is 1.31. The summed E-state index contributed by atoms with van der Waals surface area (Å²) in [5, 5.41) is 70.3. The minimum Gasteiger partial charge on any atom is -0.508 e. The summed E-state index contributed by atoms with van der Waals surface area (Å²) in [6, 6.07) is 10.7. The SMILES string of the molecule is O=C1C[C@@H](c2ccc(O[C@H]3O[C@@H](CO)[C@@H](O)[C@@H](O)[C@H]3O[C@H]3OC[C@@](O)(CO)[C@H]3O)cc2)Oc2cc(O)ccc21. The number of ketones is 1. The topological polar surface area (TPSA) is 205 Å². The second-order valence-corrected chi connectivity index (χ2v) is 9.79. The molecule has 212 valence electrons. The number of phenolic OH excluding ortho intramolecular Hbond substituents is 1. The van der Waals surface area contributed by atoms with E-state index in [4.69, 9.17) is 23.7 Å². The summed E-state index contributed by atoms with van der Waals surface area (Å²) in [5.41, 5.74) is -0.945. The maximum absolute atomic E-state index is 12.5. The number of rotatable bonds is 7. The summed E-state index contributed by atoms with van der Waals surface area (Å²) in [7, 11) is 0. The number of aliphatic hydroxyl groups excluding tert-OH is 5. The highest BCUT2D eigenvalue weighted by atomic mass is 16.8. The highest BCUT2D eigenvalue weighted by molar-refractivity contribution is 6.00. The quantitative estimate of drug-likeness (QED) is 0.215. The minimum atomic E-state index is -1.98. The molecule has 0 amide bonds. The number of carbonyl (C=O) groups excluding carboxylic acids is 1. The smallest absolute Gasteiger partial charge is 0.229 e. The van der Waals surface area contributed by atoms with Gasteiger partial charge in [0, 0.05) is 6.07 Å². The second-order valence-electron chi connectivity index (χ2n) is 9.79. The van der Waals surface area contributed by atoms with Crippen LogP contribution in [0.3, 0.4) is 0 Å². The maximum atomic E-state index is 12.5. The number of benzene rings is 2. The van der Waals surface area contributed by atoms with Gasteiger partial charge in [0.15, 0.2) is 18.2 Å². The third-order valence-electron chi connectivity index (χ3n) is 7.11. The number of aromatic hydroxyl groups is 1.